The lowest BCUT2D eigenvalue weighted by Gasteiger charge is -2.47. The van der Waals surface area contributed by atoms with Crippen molar-refractivity contribution in [3.63, 3.8) is 0 Å². The van der Waals surface area contributed by atoms with E-state index in [4.69, 9.17) is 23.2 Å². The molecule has 2 aromatic rings. The molecule has 0 spiro atoms. The Morgan fingerprint density at radius 1 is 1.15 bits per heavy atom. The molecule has 4 heteroatoms. The zero-order chi connectivity index (χ0) is 18.5. The molecule has 1 aliphatic heterocycles. The zero-order valence-corrected chi connectivity index (χ0v) is 16.9. The molecule has 1 aliphatic carbocycles. The molecule has 0 unspecified atom stereocenters. The molecule has 1 N–H and O–H groups in total. The normalized spacial score (nSPS) is 21.5. The van der Waals surface area contributed by atoms with Gasteiger partial charge < -0.3 is 5.11 Å². The maximum atomic E-state index is 10.1. The predicted octanol–water partition coefficient (Wildman–Crippen LogP) is 5.14. The Labute approximate surface area is 165 Å². The highest BCUT2D eigenvalue weighted by Crippen LogP contribution is 2.41. The summed E-state index contributed by atoms with van der Waals surface area (Å²) in [5, 5.41) is 11.6. The van der Waals surface area contributed by atoms with Gasteiger partial charge in [0.2, 0.25) is 0 Å². The number of halogens is 2. The number of hydrogen-bond acceptors (Lipinski definition) is 2. The lowest BCUT2D eigenvalue weighted by atomic mass is 9.91. The van der Waals surface area contributed by atoms with Gasteiger partial charge >= 0.3 is 0 Å². The van der Waals surface area contributed by atoms with Crippen LogP contribution in [0.1, 0.15) is 47.2 Å². The maximum absolute atomic E-state index is 10.1. The first-order valence-electron chi connectivity index (χ1n) is 9.36. The monoisotopic (exact) mass is 389 g/mol. The van der Waals surface area contributed by atoms with E-state index in [2.05, 4.69) is 24.0 Å². The van der Waals surface area contributed by atoms with Crippen LogP contribution in [0.15, 0.2) is 30.3 Å². The van der Waals surface area contributed by atoms with Crippen molar-refractivity contribution < 1.29 is 5.11 Å². The van der Waals surface area contributed by atoms with Crippen molar-refractivity contribution in [2.24, 2.45) is 0 Å². The second kappa shape index (κ2) is 6.83. The van der Waals surface area contributed by atoms with E-state index in [0.29, 0.717) is 6.04 Å². The van der Waals surface area contributed by atoms with E-state index in [1.165, 1.54) is 22.3 Å². The average molecular weight is 390 g/mol. The molecule has 0 radical (unpaired) electrons. The van der Waals surface area contributed by atoms with Crippen LogP contribution in [-0.2, 0) is 19.3 Å². The number of benzene rings is 2. The number of rotatable bonds is 4. The van der Waals surface area contributed by atoms with Gasteiger partial charge in [-0.15, -0.1) is 0 Å². The van der Waals surface area contributed by atoms with Gasteiger partial charge in [0.05, 0.1) is 5.60 Å². The molecule has 0 bridgehead atoms. The van der Waals surface area contributed by atoms with Crippen molar-refractivity contribution in [3.8, 4) is 0 Å². The van der Waals surface area contributed by atoms with Gasteiger partial charge in [-0.25, -0.2) is 0 Å². The minimum Gasteiger partial charge on any atom is -0.388 e. The van der Waals surface area contributed by atoms with E-state index in [1.54, 1.807) is 0 Å². The smallest absolute Gasteiger partial charge is 0.0872 e. The van der Waals surface area contributed by atoms with Crippen LogP contribution in [0.25, 0.3) is 0 Å². The molecule has 0 aromatic heterocycles. The quantitative estimate of drug-likeness (QED) is 0.781. The highest BCUT2D eigenvalue weighted by atomic mass is 35.5. The van der Waals surface area contributed by atoms with E-state index >= 15 is 0 Å². The fourth-order valence-corrected chi connectivity index (χ4v) is 5.12. The second-order valence-electron chi connectivity index (χ2n) is 8.13. The first-order chi connectivity index (χ1) is 12.3. The molecule has 26 heavy (non-hydrogen) atoms. The molecule has 2 nitrogen and oxygen atoms in total. The maximum Gasteiger partial charge on any atom is 0.0872 e. The van der Waals surface area contributed by atoms with E-state index in [-0.39, 0.29) is 0 Å². The summed E-state index contributed by atoms with van der Waals surface area (Å²) < 4.78 is 0. The Kier molecular flexibility index (Phi) is 4.81. The first kappa shape index (κ1) is 18.3. The van der Waals surface area contributed by atoms with Gasteiger partial charge in [0, 0.05) is 29.2 Å². The standard InChI is InChI=1S/C22H25Cl2NO/c1-14-10-18-16(7-9-21(18)25-12-22(2,26)13-25)11-15(14)6-8-17-19(23)4-3-5-20(17)24/h3-5,10-11,21,26H,6-9,12-13H2,1-2H3/t21-/m0/s1. The first-order valence-corrected chi connectivity index (χ1v) is 10.1. The molecule has 1 heterocycles. The van der Waals surface area contributed by atoms with Crippen molar-refractivity contribution in [1.29, 1.82) is 0 Å². The summed E-state index contributed by atoms with van der Waals surface area (Å²) in [5.74, 6) is 0. The van der Waals surface area contributed by atoms with Gasteiger partial charge in [-0.1, -0.05) is 41.4 Å². The largest absolute Gasteiger partial charge is 0.388 e. The Morgan fingerprint density at radius 3 is 2.50 bits per heavy atom. The lowest BCUT2D eigenvalue weighted by molar-refractivity contribution is -0.103. The minimum atomic E-state index is -0.508. The Hall–Kier alpha value is -1.06. The van der Waals surface area contributed by atoms with Gasteiger partial charge in [-0.3, -0.25) is 4.90 Å². The van der Waals surface area contributed by atoms with Crippen LogP contribution in [-0.4, -0.2) is 28.7 Å². The van der Waals surface area contributed by atoms with Gasteiger partial charge in [0.25, 0.3) is 0 Å². The molecule has 2 aliphatic rings. The Balaban J connectivity index is 1.51. The van der Waals surface area contributed by atoms with Gasteiger partial charge in [-0.2, -0.15) is 0 Å². The number of nitrogens with zero attached hydrogens (tertiary/aromatic N) is 1. The van der Waals surface area contributed by atoms with E-state index in [1.807, 2.05) is 25.1 Å². The summed E-state index contributed by atoms with van der Waals surface area (Å²) >= 11 is 12.6. The van der Waals surface area contributed by atoms with E-state index < -0.39 is 5.60 Å². The summed E-state index contributed by atoms with van der Waals surface area (Å²) in [6.45, 7) is 5.69. The van der Waals surface area contributed by atoms with Crippen LogP contribution < -0.4 is 0 Å². The number of β-amino-alcohol motifs (C(OH)–C–C–N with tert-alkyl or cyclic N) is 1. The van der Waals surface area contributed by atoms with Crippen molar-refractivity contribution in [2.45, 2.75) is 51.2 Å². The van der Waals surface area contributed by atoms with Crippen LogP contribution in [0.2, 0.25) is 10.0 Å². The topological polar surface area (TPSA) is 23.5 Å². The van der Waals surface area contributed by atoms with Crippen LogP contribution in [0.4, 0.5) is 0 Å². The fraction of sp³-hybridized carbons (Fsp3) is 0.455. The zero-order valence-electron chi connectivity index (χ0n) is 15.4. The minimum absolute atomic E-state index is 0.469. The van der Waals surface area contributed by atoms with Crippen molar-refractivity contribution in [1.82, 2.24) is 4.90 Å². The number of aliphatic hydroxyl groups is 1. The number of hydrogen-bond donors (Lipinski definition) is 1. The Bertz CT molecular complexity index is 818. The molecule has 138 valence electrons. The lowest BCUT2D eigenvalue weighted by Crippen LogP contribution is -2.60. The highest BCUT2D eigenvalue weighted by molar-refractivity contribution is 6.35. The van der Waals surface area contributed by atoms with Crippen LogP contribution in [0.3, 0.4) is 0 Å². The molecule has 1 atom stereocenters. The molecule has 0 saturated carbocycles. The highest BCUT2D eigenvalue weighted by Gasteiger charge is 2.42. The number of aryl methyl sites for hydroxylation is 3. The summed E-state index contributed by atoms with van der Waals surface area (Å²) in [6, 6.07) is 10.9. The third kappa shape index (κ3) is 3.41. The van der Waals surface area contributed by atoms with Crippen LogP contribution in [0.5, 0.6) is 0 Å². The SMILES string of the molecule is Cc1cc2c(cc1CCc1c(Cl)cccc1Cl)CC[C@@H]2N1CC(C)(O)C1. The summed E-state index contributed by atoms with van der Waals surface area (Å²) in [5.41, 5.74) is 6.18. The average Bonchev–Trinajstić information content (AvgIpc) is 2.94. The Morgan fingerprint density at radius 2 is 1.85 bits per heavy atom. The van der Waals surface area contributed by atoms with Crippen molar-refractivity contribution in [2.75, 3.05) is 13.1 Å². The molecule has 1 fully saturated rings. The number of likely N-dealkylation sites (tertiary alicyclic amines) is 1. The summed E-state index contributed by atoms with van der Waals surface area (Å²) in [7, 11) is 0. The van der Waals surface area contributed by atoms with Crippen LogP contribution >= 0.6 is 23.2 Å². The van der Waals surface area contributed by atoms with Gasteiger partial charge in [-0.05, 0) is 79.5 Å². The molecule has 0 amide bonds. The molecule has 2 aromatic carbocycles. The molecular weight excluding hydrogens is 365 g/mol. The van der Waals surface area contributed by atoms with E-state index in [0.717, 1.165) is 54.4 Å². The number of fused-ring (bicyclic) bond motifs is 1. The third-order valence-corrected chi connectivity index (χ3v) is 6.59. The summed E-state index contributed by atoms with van der Waals surface area (Å²) in [6.07, 6.45) is 4.09. The molecule has 4 rings (SSSR count). The predicted molar refractivity (Wildman–Crippen MR) is 108 cm³/mol. The van der Waals surface area contributed by atoms with Crippen molar-refractivity contribution >= 4 is 23.2 Å². The van der Waals surface area contributed by atoms with Gasteiger partial charge in [0.15, 0.2) is 0 Å². The van der Waals surface area contributed by atoms with E-state index in [9.17, 15) is 5.11 Å². The van der Waals surface area contributed by atoms with Crippen LogP contribution in [0, 0.1) is 6.92 Å². The van der Waals surface area contributed by atoms with Crippen molar-refractivity contribution in [3.05, 3.63) is 68.2 Å². The van der Waals surface area contributed by atoms with Gasteiger partial charge in [0.1, 0.15) is 0 Å². The third-order valence-electron chi connectivity index (χ3n) is 5.88. The summed E-state index contributed by atoms with van der Waals surface area (Å²) in [4.78, 5) is 2.41. The second-order valence-corrected chi connectivity index (χ2v) is 8.95. The molecule has 1 saturated heterocycles. The fourth-order valence-electron chi connectivity index (χ4n) is 4.53. The molecular formula is C22H25Cl2NO.